The average Bonchev–Trinajstić information content (AvgIpc) is 3.94. The van der Waals surface area contributed by atoms with Crippen LogP contribution in [0.5, 0.6) is 0 Å². The fourth-order valence-electron chi connectivity index (χ4n) is 7.24. The molecule has 2 fully saturated rings. The Morgan fingerprint density at radius 1 is 1.05 bits per heavy atom. The van der Waals surface area contributed by atoms with Crippen LogP contribution in [0, 0.1) is 5.92 Å². The van der Waals surface area contributed by atoms with Gasteiger partial charge in [-0.05, 0) is 56.0 Å². The number of amides is 2. The van der Waals surface area contributed by atoms with Gasteiger partial charge in [0.1, 0.15) is 17.9 Å². The Kier molecular flexibility index (Phi) is 14.7. The molecule has 1 aromatic carbocycles. The zero-order chi connectivity index (χ0) is 40.7. The molecule has 3 atom stereocenters. The number of fused-ring (bicyclic) bond motifs is 1. The number of nitrogens with one attached hydrogen (secondary N) is 3. The van der Waals surface area contributed by atoms with E-state index in [1.807, 2.05) is 29.2 Å². The quantitative estimate of drug-likeness (QED) is 0.118. The fourth-order valence-corrected chi connectivity index (χ4v) is 9.10. The molecule has 16 heteroatoms. The van der Waals surface area contributed by atoms with Gasteiger partial charge < -0.3 is 35.3 Å². The summed E-state index contributed by atoms with van der Waals surface area (Å²) < 4.78 is 6.84. The summed E-state index contributed by atoms with van der Waals surface area (Å²) >= 11 is 9.17. The number of hydrogen-bond donors (Lipinski definition) is 4. The summed E-state index contributed by atoms with van der Waals surface area (Å²) in [5.41, 5.74) is 2.75. The highest BCUT2D eigenvalue weighted by Crippen LogP contribution is 2.43. The number of anilines is 2. The number of thiazole rings is 1. The predicted molar refractivity (Wildman–Crippen MR) is 227 cm³/mol. The number of nitrogens with zero attached hydrogens (tertiary/aromatic N) is 6. The van der Waals surface area contributed by atoms with Crippen LogP contribution in [0.2, 0.25) is 5.02 Å². The van der Waals surface area contributed by atoms with Gasteiger partial charge in [0.15, 0.2) is 5.13 Å². The number of piperazine rings is 1. The van der Waals surface area contributed by atoms with Crippen LogP contribution in [-0.4, -0.2) is 93.6 Å². The number of aliphatic hydroxyl groups excluding tert-OH is 1. The molecular formula is C41H56ClN9O4S2. The molecule has 0 spiro atoms. The standard InChI is InChI=1S/C24H32ClN5O2.C17H24N4O2S2/c1-15(2)26-13-19(17-4-6-18(25)7-5-17)24(32)30-10-8-29(9-11-30)23-21-16(3)12-20(31)22(21)27-14-28-23;1-17(2,3)12-8-19-13(23-12)10-24-14-9-20-16(25-14)21-15(22)11-4-6-18-7-5-11/h4-7,14-16,19-20,26,31H,8-13H2,1-3H3;8-9,11,18H,4-7,10H2,1-3H3,(H,20,21,22). The highest BCUT2D eigenvalue weighted by molar-refractivity contribution is 8.00. The maximum atomic E-state index is 13.5. The summed E-state index contributed by atoms with van der Waals surface area (Å²) in [4.78, 5) is 47.4. The highest BCUT2D eigenvalue weighted by atomic mass is 35.5. The van der Waals surface area contributed by atoms with Gasteiger partial charge in [-0.25, -0.2) is 19.9 Å². The minimum absolute atomic E-state index is 0.0352. The van der Waals surface area contributed by atoms with Crippen LogP contribution in [0.3, 0.4) is 0 Å². The van der Waals surface area contributed by atoms with Crippen molar-refractivity contribution in [2.24, 2.45) is 5.92 Å². The van der Waals surface area contributed by atoms with Crippen LogP contribution >= 0.6 is 34.7 Å². The molecule has 2 aliphatic heterocycles. The number of benzene rings is 1. The van der Waals surface area contributed by atoms with Gasteiger partial charge in [0.05, 0.1) is 40.1 Å². The van der Waals surface area contributed by atoms with Crippen molar-refractivity contribution in [2.45, 2.75) is 100 Å². The summed E-state index contributed by atoms with van der Waals surface area (Å²) in [7, 11) is 0. The van der Waals surface area contributed by atoms with E-state index in [1.54, 1.807) is 30.5 Å². The largest absolute Gasteiger partial charge is 0.444 e. The van der Waals surface area contributed by atoms with Gasteiger partial charge in [-0.2, -0.15) is 0 Å². The minimum atomic E-state index is -0.516. The molecule has 4 N–H and O–H groups in total. The van der Waals surface area contributed by atoms with Gasteiger partial charge in [-0.3, -0.25) is 9.59 Å². The second-order valence-electron chi connectivity index (χ2n) is 16.3. The van der Waals surface area contributed by atoms with E-state index in [0.29, 0.717) is 67.0 Å². The van der Waals surface area contributed by atoms with Crippen LogP contribution in [-0.2, 0) is 20.8 Å². The summed E-state index contributed by atoms with van der Waals surface area (Å²) in [6.07, 6.45) is 7.08. The highest BCUT2D eigenvalue weighted by Gasteiger charge is 2.35. The lowest BCUT2D eigenvalue weighted by atomic mass is 9.94. The Morgan fingerprint density at radius 3 is 2.44 bits per heavy atom. The summed E-state index contributed by atoms with van der Waals surface area (Å²) in [5.74, 6) is 3.44. The zero-order valence-corrected chi connectivity index (χ0v) is 36.1. The first-order valence-electron chi connectivity index (χ1n) is 19.9. The molecule has 3 aromatic heterocycles. The van der Waals surface area contributed by atoms with Gasteiger partial charge in [0.2, 0.25) is 17.7 Å². The van der Waals surface area contributed by atoms with E-state index in [-0.39, 0.29) is 35.0 Å². The van der Waals surface area contributed by atoms with Crippen molar-refractivity contribution in [1.29, 1.82) is 0 Å². The Labute approximate surface area is 349 Å². The van der Waals surface area contributed by atoms with E-state index in [2.05, 4.69) is 82.3 Å². The maximum Gasteiger partial charge on any atom is 0.231 e. The fraction of sp³-hybridized carbons (Fsp3) is 0.561. The van der Waals surface area contributed by atoms with Gasteiger partial charge in [-0.15, -0.1) is 11.8 Å². The number of aromatic nitrogens is 4. The Morgan fingerprint density at radius 2 is 1.77 bits per heavy atom. The van der Waals surface area contributed by atoms with E-state index in [1.165, 1.54) is 11.3 Å². The predicted octanol–water partition coefficient (Wildman–Crippen LogP) is 6.76. The van der Waals surface area contributed by atoms with Gasteiger partial charge in [-0.1, -0.05) is 76.6 Å². The number of aliphatic hydroxyl groups is 1. The van der Waals surface area contributed by atoms with Crippen LogP contribution < -0.4 is 20.9 Å². The minimum Gasteiger partial charge on any atom is -0.444 e. The molecule has 57 heavy (non-hydrogen) atoms. The SMILES string of the molecule is CC(C)(C)c1cnc(CSc2cnc(NC(=O)C3CCNCC3)s2)o1.CC(C)NCC(C(=O)N1CCN(c2ncnc3c2C(C)CC3O)CC1)c1ccc(Cl)cc1. The average molecular weight is 839 g/mol. The Hall–Kier alpha value is -3.60. The zero-order valence-electron chi connectivity index (χ0n) is 33.8. The number of halogens is 1. The van der Waals surface area contributed by atoms with Crippen molar-refractivity contribution in [3.63, 3.8) is 0 Å². The smallest absolute Gasteiger partial charge is 0.231 e. The second-order valence-corrected chi connectivity index (χ2v) is 19.0. The van der Waals surface area contributed by atoms with Crippen LogP contribution in [0.15, 0.2) is 51.6 Å². The lowest BCUT2D eigenvalue weighted by molar-refractivity contribution is -0.133. The molecule has 1 aliphatic carbocycles. The lowest BCUT2D eigenvalue weighted by Crippen LogP contribution is -2.51. The van der Waals surface area contributed by atoms with E-state index in [9.17, 15) is 14.7 Å². The Balaban J connectivity index is 0.000000199. The number of hydrogen-bond acceptors (Lipinski definition) is 13. The van der Waals surface area contributed by atoms with Gasteiger partial charge in [0, 0.05) is 60.7 Å². The number of piperidine rings is 1. The molecule has 2 saturated heterocycles. The maximum absolute atomic E-state index is 13.5. The molecule has 0 radical (unpaired) electrons. The molecule has 3 aliphatic rings. The molecule has 13 nitrogen and oxygen atoms in total. The van der Waals surface area contributed by atoms with Gasteiger partial charge in [0.25, 0.3) is 0 Å². The Bertz CT molecular complexity index is 1940. The summed E-state index contributed by atoms with van der Waals surface area (Å²) in [5, 5.41) is 21.3. The topological polar surface area (TPSA) is 162 Å². The first-order valence-corrected chi connectivity index (χ1v) is 22.1. The number of carbonyl (C=O) groups excluding carboxylic acids is 2. The van der Waals surface area contributed by atoms with Crippen LogP contribution in [0.25, 0.3) is 0 Å². The van der Waals surface area contributed by atoms with Crippen molar-refractivity contribution < 1.29 is 19.1 Å². The molecule has 308 valence electrons. The number of carbonyl (C=O) groups is 2. The second kappa shape index (κ2) is 19.4. The van der Waals surface area contributed by atoms with E-state index >= 15 is 0 Å². The van der Waals surface area contributed by atoms with Crippen molar-refractivity contribution in [3.8, 4) is 0 Å². The third-order valence-electron chi connectivity index (χ3n) is 10.5. The molecule has 5 heterocycles. The van der Waals surface area contributed by atoms with Crippen molar-refractivity contribution in [2.75, 3.05) is 56.0 Å². The van der Waals surface area contributed by atoms with Crippen molar-refractivity contribution in [3.05, 3.63) is 76.5 Å². The van der Waals surface area contributed by atoms with Crippen LogP contribution in [0.4, 0.5) is 10.9 Å². The molecular weight excluding hydrogens is 782 g/mol. The first kappa shape index (κ1) is 43.0. The summed E-state index contributed by atoms with van der Waals surface area (Å²) in [6, 6.07) is 7.87. The molecule has 3 unspecified atom stereocenters. The third-order valence-corrected chi connectivity index (χ3v) is 12.9. The molecule has 4 aromatic rings. The molecule has 2 amide bonds. The third kappa shape index (κ3) is 11.3. The van der Waals surface area contributed by atoms with Crippen molar-refractivity contribution >= 4 is 57.5 Å². The van der Waals surface area contributed by atoms with E-state index < -0.39 is 6.10 Å². The normalized spacial score (nSPS) is 19.2. The number of oxazole rings is 1. The summed E-state index contributed by atoms with van der Waals surface area (Å²) in [6.45, 7) is 17.7. The molecule has 0 bridgehead atoms. The van der Waals surface area contributed by atoms with Crippen LogP contribution in [0.1, 0.15) is 107 Å². The number of rotatable bonds is 11. The molecule has 0 saturated carbocycles. The monoisotopic (exact) mass is 837 g/mol. The first-order chi connectivity index (χ1) is 27.3. The van der Waals surface area contributed by atoms with E-state index in [0.717, 1.165) is 58.5 Å². The van der Waals surface area contributed by atoms with E-state index in [4.69, 9.17) is 16.0 Å². The van der Waals surface area contributed by atoms with Crippen molar-refractivity contribution in [1.82, 2.24) is 35.5 Å². The van der Waals surface area contributed by atoms with Gasteiger partial charge >= 0.3 is 0 Å². The number of thioether (sulfide) groups is 1. The lowest BCUT2D eigenvalue weighted by Gasteiger charge is -2.38. The molecule has 7 rings (SSSR count).